The third kappa shape index (κ3) is 4.82. The Kier molecular flexibility index (Phi) is 6.40. The van der Waals surface area contributed by atoms with E-state index in [1.165, 1.54) is 0 Å². The monoisotopic (exact) mass is 439 g/mol. The van der Waals surface area contributed by atoms with E-state index in [1.54, 1.807) is 19.2 Å². The Morgan fingerprint density at radius 3 is 2.93 bits per heavy atom. The zero-order valence-corrected chi connectivity index (χ0v) is 16.9. The highest BCUT2D eigenvalue weighted by molar-refractivity contribution is 9.10. The zero-order valence-electron chi connectivity index (χ0n) is 15.3. The van der Waals surface area contributed by atoms with Crippen LogP contribution in [0.2, 0.25) is 0 Å². The maximum Gasteiger partial charge on any atom is 0.293 e. The molecule has 2 heterocycles. The number of nitro benzene ring substituents is 1. The van der Waals surface area contributed by atoms with Crippen molar-refractivity contribution < 1.29 is 14.2 Å². The van der Waals surface area contributed by atoms with E-state index in [9.17, 15) is 10.1 Å². The van der Waals surface area contributed by atoms with Gasteiger partial charge in [0, 0.05) is 43.8 Å². The standard InChI is InChI=1S/C17H22BrN5O4/c1-12(26-2)17-19-16(27-20-17)11-21-6-3-7-22(9-8-21)14-5-4-13(18)10-15(14)23(24)25/h4-5,10,12H,3,6-9,11H2,1-2H3. The van der Waals surface area contributed by atoms with Gasteiger partial charge in [-0.1, -0.05) is 21.1 Å². The smallest absolute Gasteiger partial charge is 0.293 e. The third-order valence-corrected chi connectivity index (χ3v) is 5.12. The highest BCUT2D eigenvalue weighted by atomic mass is 79.9. The molecule has 0 N–H and O–H groups in total. The summed E-state index contributed by atoms with van der Waals surface area (Å²) in [4.78, 5) is 19.7. The first-order valence-corrected chi connectivity index (χ1v) is 9.53. The Hall–Kier alpha value is -2.04. The molecule has 0 amide bonds. The van der Waals surface area contributed by atoms with Crippen LogP contribution in [0, 0.1) is 10.1 Å². The molecule has 146 valence electrons. The van der Waals surface area contributed by atoms with Gasteiger partial charge < -0.3 is 14.2 Å². The summed E-state index contributed by atoms with van der Waals surface area (Å²) >= 11 is 3.30. The van der Waals surface area contributed by atoms with Gasteiger partial charge in [0.1, 0.15) is 11.8 Å². The number of hydrogen-bond donors (Lipinski definition) is 0. The molecule has 0 bridgehead atoms. The second kappa shape index (κ2) is 8.77. The number of nitrogens with zero attached hydrogens (tertiary/aromatic N) is 5. The van der Waals surface area contributed by atoms with E-state index in [1.807, 2.05) is 13.0 Å². The molecule has 0 aliphatic carbocycles. The first-order valence-electron chi connectivity index (χ1n) is 8.74. The molecule has 0 radical (unpaired) electrons. The van der Waals surface area contributed by atoms with E-state index in [2.05, 4.69) is 35.9 Å². The summed E-state index contributed by atoms with van der Waals surface area (Å²) in [6.07, 6.45) is 0.683. The van der Waals surface area contributed by atoms with E-state index in [-0.39, 0.29) is 16.7 Å². The van der Waals surface area contributed by atoms with Gasteiger partial charge >= 0.3 is 0 Å². The number of aromatic nitrogens is 2. The van der Waals surface area contributed by atoms with E-state index >= 15 is 0 Å². The lowest BCUT2D eigenvalue weighted by atomic mass is 10.2. The Morgan fingerprint density at radius 1 is 1.37 bits per heavy atom. The molecule has 1 unspecified atom stereocenters. The Labute approximate surface area is 165 Å². The molecule has 1 saturated heterocycles. The SMILES string of the molecule is COC(C)c1noc(CN2CCCN(c3ccc(Br)cc3[N+](=O)[O-])CC2)n1. The highest BCUT2D eigenvalue weighted by Crippen LogP contribution is 2.31. The average Bonchev–Trinajstić information content (AvgIpc) is 2.99. The second-order valence-electron chi connectivity index (χ2n) is 6.43. The summed E-state index contributed by atoms with van der Waals surface area (Å²) < 4.78 is 11.2. The van der Waals surface area contributed by atoms with E-state index < -0.39 is 0 Å². The molecule has 1 atom stereocenters. The van der Waals surface area contributed by atoms with Crippen LogP contribution in [0.25, 0.3) is 0 Å². The van der Waals surface area contributed by atoms with Crippen LogP contribution >= 0.6 is 15.9 Å². The fourth-order valence-electron chi connectivity index (χ4n) is 3.07. The van der Waals surface area contributed by atoms with E-state index in [4.69, 9.17) is 9.26 Å². The molecule has 1 aliphatic heterocycles. The molecule has 1 fully saturated rings. The van der Waals surface area contributed by atoms with Crippen molar-refractivity contribution in [2.45, 2.75) is 26.0 Å². The maximum atomic E-state index is 11.4. The van der Waals surface area contributed by atoms with Gasteiger partial charge in [-0.25, -0.2) is 0 Å². The van der Waals surface area contributed by atoms with Gasteiger partial charge in [-0.15, -0.1) is 0 Å². The van der Waals surface area contributed by atoms with Crippen LogP contribution in [0.3, 0.4) is 0 Å². The topological polar surface area (TPSA) is 97.8 Å². The molecule has 10 heteroatoms. The van der Waals surface area contributed by atoms with Crippen molar-refractivity contribution >= 4 is 27.3 Å². The lowest BCUT2D eigenvalue weighted by Gasteiger charge is -2.23. The van der Waals surface area contributed by atoms with Gasteiger partial charge in [0.2, 0.25) is 5.89 Å². The van der Waals surface area contributed by atoms with Crippen LogP contribution in [0.4, 0.5) is 11.4 Å². The molecular weight excluding hydrogens is 418 g/mol. The number of ether oxygens (including phenoxy) is 1. The minimum absolute atomic E-state index is 0.118. The number of rotatable bonds is 6. The molecule has 3 rings (SSSR count). The molecule has 1 aromatic heterocycles. The van der Waals surface area contributed by atoms with Crippen molar-refractivity contribution in [3.63, 3.8) is 0 Å². The van der Waals surface area contributed by atoms with Gasteiger partial charge in [-0.05, 0) is 25.5 Å². The molecule has 0 spiro atoms. The van der Waals surface area contributed by atoms with Crippen molar-refractivity contribution in [2.75, 3.05) is 38.2 Å². The molecule has 2 aromatic rings. The van der Waals surface area contributed by atoms with Gasteiger partial charge in [-0.2, -0.15) is 4.98 Å². The third-order valence-electron chi connectivity index (χ3n) is 4.62. The van der Waals surface area contributed by atoms with Crippen LogP contribution in [-0.4, -0.2) is 53.3 Å². The maximum absolute atomic E-state index is 11.4. The van der Waals surface area contributed by atoms with Crippen LogP contribution in [0.5, 0.6) is 0 Å². The van der Waals surface area contributed by atoms with Crippen LogP contribution in [0.15, 0.2) is 27.2 Å². The lowest BCUT2D eigenvalue weighted by Crippen LogP contribution is -2.31. The first-order chi connectivity index (χ1) is 13.0. The minimum atomic E-state index is -0.334. The van der Waals surface area contributed by atoms with Gasteiger partial charge in [-0.3, -0.25) is 15.0 Å². The molecule has 27 heavy (non-hydrogen) atoms. The van der Waals surface area contributed by atoms with Crippen molar-refractivity contribution in [2.24, 2.45) is 0 Å². The van der Waals surface area contributed by atoms with Crippen molar-refractivity contribution in [1.29, 1.82) is 0 Å². The summed E-state index contributed by atoms with van der Waals surface area (Å²) in [5.41, 5.74) is 0.770. The number of hydrogen-bond acceptors (Lipinski definition) is 8. The van der Waals surface area contributed by atoms with E-state index in [0.29, 0.717) is 35.0 Å². The van der Waals surface area contributed by atoms with Crippen molar-refractivity contribution in [1.82, 2.24) is 15.0 Å². The number of methoxy groups -OCH3 is 1. The number of benzene rings is 1. The predicted octanol–water partition coefficient (Wildman–Crippen LogP) is 3.16. The Balaban J connectivity index is 1.66. The predicted molar refractivity (Wildman–Crippen MR) is 103 cm³/mol. The van der Waals surface area contributed by atoms with Crippen LogP contribution in [0.1, 0.15) is 31.2 Å². The Morgan fingerprint density at radius 2 is 2.19 bits per heavy atom. The van der Waals surface area contributed by atoms with Crippen LogP contribution in [-0.2, 0) is 11.3 Å². The Bertz CT molecular complexity index is 799. The van der Waals surface area contributed by atoms with Crippen molar-refractivity contribution in [3.8, 4) is 0 Å². The molecule has 9 nitrogen and oxygen atoms in total. The summed E-state index contributed by atoms with van der Waals surface area (Å²) in [5.74, 6) is 1.09. The minimum Gasteiger partial charge on any atom is -0.374 e. The van der Waals surface area contributed by atoms with Crippen LogP contribution < -0.4 is 4.90 Å². The fourth-order valence-corrected chi connectivity index (χ4v) is 3.42. The number of halogens is 1. The van der Waals surface area contributed by atoms with Gasteiger partial charge in [0.25, 0.3) is 5.69 Å². The largest absolute Gasteiger partial charge is 0.374 e. The fraction of sp³-hybridized carbons (Fsp3) is 0.529. The van der Waals surface area contributed by atoms with Crippen molar-refractivity contribution in [3.05, 3.63) is 44.5 Å². The lowest BCUT2D eigenvalue weighted by molar-refractivity contribution is -0.384. The quantitative estimate of drug-likeness (QED) is 0.499. The summed E-state index contributed by atoms with van der Waals surface area (Å²) in [6.45, 7) is 5.49. The second-order valence-corrected chi connectivity index (χ2v) is 7.35. The molecule has 1 aliphatic rings. The number of anilines is 1. The molecular formula is C17H22BrN5O4. The highest BCUT2D eigenvalue weighted by Gasteiger charge is 2.23. The summed E-state index contributed by atoms with van der Waals surface area (Å²) in [5, 5.41) is 15.4. The summed E-state index contributed by atoms with van der Waals surface area (Å²) in [6, 6.07) is 5.19. The normalized spacial score (nSPS) is 16.9. The summed E-state index contributed by atoms with van der Waals surface area (Å²) in [7, 11) is 1.60. The van der Waals surface area contributed by atoms with Gasteiger partial charge in [0.05, 0.1) is 11.5 Å². The zero-order chi connectivity index (χ0) is 19.4. The number of nitro groups is 1. The average molecular weight is 440 g/mol. The molecule has 0 saturated carbocycles. The van der Waals surface area contributed by atoms with E-state index in [0.717, 1.165) is 26.1 Å². The molecule has 1 aromatic carbocycles. The first kappa shape index (κ1) is 19.7. The van der Waals surface area contributed by atoms with Gasteiger partial charge in [0.15, 0.2) is 5.82 Å².